The van der Waals surface area contributed by atoms with Crippen LogP contribution in [0, 0.1) is 0 Å². The number of carbonyl (C=O) groups excluding carboxylic acids is 1. The lowest BCUT2D eigenvalue weighted by Gasteiger charge is -2.15. The Kier molecular flexibility index (Phi) is 6.20. The lowest BCUT2D eigenvalue weighted by atomic mass is 10.2. The van der Waals surface area contributed by atoms with Gasteiger partial charge in [0.25, 0.3) is 5.91 Å². The van der Waals surface area contributed by atoms with Crippen LogP contribution in [0.4, 0.5) is 0 Å². The molecule has 0 fully saturated rings. The molecule has 0 saturated carbocycles. The van der Waals surface area contributed by atoms with E-state index in [1.165, 1.54) is 11.3 Å². The van der Waals surface area contributed by atoms with Gasteiger partial charge in [-0.1, -0.05) is 60.7 Å². The van der Waals surface area contributed by atoms with E-state index in [4.69, 9.17) is 4.74 Å². The van der Waals surface area contributed by atoms with Crippen molar-refractivity contribution in [2.45, 2.75) is 13.2 Å². The van der Waals surface area contributed by atoms with Crippen molar-refractivity contribution < 1.29 is 9.53 Å². The van der Waals surface area contributed by atoms with Gasteiger partial charge in [0, 0.05) is 24.5 Å². The van der Waals surface area contributed by atoms with Crippen molar-refractivity contribution in [3.8, 4) is 16.3 Å². The first-order chi connectivity index (χ1) is 14.7. The third kappa shape index (κ3) is 4.93. The fraction of sp³-hybridized carbons (Fsp3) is 0.120. The van der Waals surface area contributed by atoms with E-state index in [1.807, 2.05) is 90.3 Å². The Morgan fingerprint density at radius 2 is 1.53 bits per heavy atom. The van der Waals surface area contributed by atoms with E-state index in [-0.39, 0.29) is 5.91 Å². The summed E-state index contributed by atoms with van der Waals surface area (Å²) in [7, 11) is 1.80. The second kappa shape index (κ2) is 9.37. The lowest BCUT2D eigenvalue weighted by Crippen LogP contribution is -2.26. The molecule has 0 N–H and O–H groups in total. The lowest BCUT2D eigenvalue weighted by molar-refractivity contribution is 0.0780. The van der Waals surface area contributed by atoms with Crippen LogP contribution in [0.1, 0.15) is 21.6 Å². The van der Waals surface area contributed by atoms with Crippen LogP contribution in [-0.2, 0) is 13.2 Å². The van der Waals surface area contributed by atoms with Gasteiger partial charge in [-0.05, 0) is 35.4 Å². The number of carbonyl (C=O) groups is 1. The average Bonchev–Trinajstić information content (AvgIpc) is 3.29. The van der Waals surface area contributed by atoms with Gasteiger partial charge in [-0.2, -0.15) is 0 Å². The van der Waals surface area contributed by atoms with Crippen molar-refractivity contribution >= 4 is 17.2 Å². The molecule has 0 saturated heterocycles. The zero-order valence-corrected chi connectivity index (χ0v) is 17.5. The molecule has 4 nitrogen and oxygen atoms in total. The Balaban J connectivity index is 1.39. The summed E-state index contributed by atoms with van der Waals surface area (Å²) in [4.78, 5) is 19.0. The second-order valence-electron chi connectivity index (χ2n) is 6.98. The average molecular weight is 415 g/mol. The Bertz CT molecular complexity index is 1090. The number of ether oxygens (including phenoxy) is 1. The van der Waals surface area contributed by atoms with Crippen LogP contribution in [0.25, 0.3) is 10.6 Å². The largest absolute Gasteiger partial charge is 0.489 e. The molecule has 0 aliphatic heterocycles. The molecule has 0 unspecified atom stereocenters. The molecular formula is C25H22N2O2S. The van der Waals surface area contributed by atoms with E-state index in [0.717, 1.165) is 27.4 Å². The van der Waals surface area contributed by atoms with E-state index >= 15 is 0 Å². The molecule has 1 amide bonds. The van der Waals surface area contributed by atoms with Crippen molar-refractivity contribution in [3.05, 3.63) is 107 Å². The number of hydrogen-bond donors (Lipinski definition) is 0. The molecule has 1 aromatic heterocycles. The third-order valence-corrected chi connectivity index (χ3v) is 5.57. The number of rotatable bonds is 7. The summed E-state index contributed by atoms with van der Waals surface area (Å²) in [6.07, 6.45) is 0. The Labute approximate surface area is 180 Å². The molecule has 4 rings (SSSR count). The number of nitrogens with zero attached hydrogens (tertiary/aromatic N) is 2. The minimum atomic E-state index is -0.0795. The Hall–Kier alpha value is -3.44. The summed E-state index contributed by atoms with van der Waals surface area (Å²) in [5, 5.41) is 2.64. The monoisotopic (exact) mass is 414 g/mol. The quantitative estimate of drug-likeness (QED) is 0.392. The van der Waals surface area contributed by atoms with Gasteiger partial charge in [0.1, 0.15) is 23.1 Å². The zero-order chi connectivity index (χ0) is 20.8. The molecule has 0 aliphatic carbocycles. The first kappa shape index (κ1) is 19.9. The summed E-state index contributed by atoms with van der Waals surface area (Å²) in [6, 6.07) is 27.8. The molecule has 4 aromatic rings. The Morgan fingerprint density at radius 1 is 0.900 bits per heavy atom. The van der Waals surface area contributed by atoms with Crippen LogP contribution in [0.15, 0.2) is 90.3 Å². The molecule has 5 heteroatoms. The molecule has 0 spiro atoms. The normalized spacial score (nSPS) is 10.6. The van der Waals surface area contributed by atoms with E-state index in [0.29, 0.717) is 18.8 Å². The smallest absolute Gasteiger partial charge is 0.273 e. The number of aromatic nitrogens is 1. The van der Waals surface area contributed by atoms with Gasteiger partial charge in [0.2, 0.25) is 0 Å². The number of hydrogen-bond acceptors (Lipinski definition) is 4. The molecular weight excluding hydrogens is 392 g/mol. The van der Waals surface area contributed by atoms with Gasteiger partial charge in [-0.15, -0.1) is 11.3 Å². The van der Waals surface area contributed by atoms with Crippen LogP contribution in [-0.4, -0.2) is 22.8 Å². The minimum absolute atomic E-state index is 0.0795. The van der Waals surface area contributed by atoms with Crippen LogP contribution >= 0.6 is 11.3 Å². The summed E-state index contributed by atoms with van der Waals surface area (Å²) in [5.41, 5.74) is 3.66. The fourth-order valence-electron chi connectivity index (χ4n) is 3.06. The highest BCUT2D eigenvalue weighted by molar-refractivity contribution is 7.13. The molecule has 0 aliphatic rings. The molecule has 0 radical (unpaired) electrons. The van der Waals surface area contributed by atoms with Crippen LogP contribution in [0.5, 0.6) is 5.75 Å². The van der Waals surface area contributed by atoms with Crippen molar-refractivity contribution in [1.82, 2.24) is 9.88 Å². The zero-order valence-electron chi connectivity index (χ0n) is 16.7. The maximum absolute atomic E-state index is 12.7. The van der Waals surface area contributed by atoms with Gasteiger partial charge < -0.3 is 9.64 Å². The van der Waals surface area contributed by atoms with Crippen molar-refractivity contribution in [2.75, 3.05) is 7.05 Å². The van der Waals surface area contributed by atoms with Gasteiger partial charge >= 0.3 is 0 Å². The first-order valence-electron chi connectivity index (χ1n) is 9.71. The molecule has 0 bridgehead atoms. The standard InChI is InChI=1S/C25H22N2O2S/c1-27(16-19-8-4-2-5-9-19)25(28)23-18-30-24(26-23)21-12-14-22(15-13-21)29-17-20-10-6-3-7-11-20/h2-15,18H,16-17H2,1H3. The van der Waals surface area contributed by atoms with Gasteiger partial charge in [-0.25, -0.2) is 4.98 Å². The Morgan fingerprint density at radius 3 is 2.20 bits per heavy atom. The van der Waals surface area contributed by atoms with Gasteiger partial charge in [0.15, 0.2) is 0 Å². The van der Waals surface area contributed by atoms with Crippen molar-refractivity contribution in [3.63, 3.8) is 0 Å². The summed E-state index contributed by atoms with van der Waals surface area (Å²) in [5.74, 6) is 0.724. The molecule has 30 heavy (non-hydrogen) atoms. The molecule has 1 heterocycles. The van der Waals surface area contributed by atoms with E-state index in [9.17, 15) is 4.79 Å². The summed E-state index contributed by atoms with van der Waals surface area (Å²) >= 11 is 1.47. The maximum Gasteiger partial charge on any atom is 0.273 e. The highest BCUT2D eigenvalue weighted by Gasteiger charge is 2.16. The topological polar surface area (TPSA) is 42.4 Å². The van der Waals surface area contributed by atoms with Gasteiger partial charge in [0.05, 0.1) is 0 Å². The number of thiazole rings is 1. The predicted molar refractivity (Wildman–Crippen MR) is 121 cm³/mol. The SMILES string of the molecule is CN(Cc1ccccc1)C(=O)c1csc(-c2ccc(OCc3ccccc3)cc2)n1. The van der Waals surface area contributed by atoms with Crippen molar-refractivity contribution in [2.24, 2.45) is 0 Å². The fourth-order valence-corrected chi connectivity index (χ4v) is 3.86. The van der Waals surface area contributed by atoms with E-state index in [1.54, 1.807) is 11.9 Å². The number of amides is 1. The molecule has 3 aromatic carbocycles. The minimum Gasteiger partial charge on any atom is -0.489 e. The van der Waals surface area contributed by atoms with E-state index < -0.39 is 0 Å². The van der Waals surface area contributed by atoms with E-state index in [2.05, 4.69) is 4.98 Å². The van der Waals surface area contributed by atoms with Crippen molar-refractivity contribution in [1.29, 1.82) is 0 Å². The third-order valence-electron chi connectivity index (χ3n) is 4.68. The number of benzene rings is 3. The highest BCUT2D eigenvalue weighted by atomic mass is 32.1. The summed E-state index contributed by atoms with van der Waals surface area (Å²) < 4.78 is 5.84. The molecule has 150 valence electrons. The maximum atomic E-state index is 12.7. The van der Waals surface area contributed by atoms with Crippen LogP contribution in [0.3, 0.4) is 0 Å². The second-order valence-corrected chi connectivity index (χ2v) is 7.84. The van der Waals surface area contributed by atoms with Crippen LogP contribution < -0.4 is 4.74 Å². The van der Waals surface area contributed by atoms with Crippen LogP contribution in [0.2, 0.25) is 0 Å². The first-order valence-corrected chi connectivity index (χ1v) is 10.6. The predicted octanol–water partition coefficient (Wildman–Crippen LogP) is 5.66. The summed E-state index contributed by atoms with van der Waals surface area (Å²) in [6.45, 7) is 1.09. The highest BCUT2D eigenvalue weighted by Crippen LogP contribution is 2.26. The van der Waals surface area contributed by atoms with Gasteiger partial charge in [-0.3, -0.25) is 4.79 Å². The molecule has 0 atom stereocenters.